The zero-order valence-corrected chi connectivity index (χ0v) is 12.8. The van der Waals surface area contributed by atoms with Gasteiger partial charge in [0, 0.05) is 23.1 Å². The Balaban J connectivity index is 0.000000239. The number of rotatable bonds is 4. The molecule has 1 fully saturated rings. The predicted octanol–water partition coefficient (Wildman–Crippen LogP) is -1.74. The van der Waals surface area contributed by atoms with Crippen molar-refractivity contribution in [3.63, 3.8) is 0 Å². The fraction of sp³-hybridized carbons (Fsp3) is 0.429. The maximum absolute atomic E-state index is 9.82. The van der Waals surface area contributed by atoms with Gasteiger partial charge in [-0.05, 0) is 18.2 Å². The minimum atomic E-state index is -1.45. The number of quaternary nitrogens is 1. The summed E-state index contributed by atoms with van der Waals surface area (Å²) < 4.78 is 0. The molecule has 5 N–H and O–H groups in total. The second-order valence-corrected chi connectivity index (χ2v) is 5.29. The Labute approximate surface area is 133 Å². The van der Waals surface area contributed by atoms with Crippen LogP contribution in [0.5, 0.6) is 0 Å². The normalized spacial score (nSPS) is 15.5. The summed E-state index contributed by atoms with van der Waals surface area (Å²) in [5.41, 5.74) is 6.05. The Kier molecular flexibility index (Phi) is 7.65. The number of hydrogen-bond acceptors (Lipinski definition) is 5. The van der Waals surface area contributed by atoms with Crippen LogP contribution in [0.15, 0.2) is 24.3 Å². The first-order chi connectivity index (χ1) is 10.4. The highest BCUT2D eigenvalue weighted by Crippen LogP contribution is 2.18. The molecule has 1 heterocycles. The van der Waals surface area contributed by atoms with E-state index in [9.17, 15) is 14.7 Å². The molecule has 8 heteroatoms. The number of carboxylic acid groups (broad SMARTS) is 2. The van der Waals surface area contributed by atoms with Crippen molar-refractivity contribution in [2.75, 3.05) is 31.1 Å². The summed E-state index contributed by atoms with van der Waals surface area (Å²) in [6.07, 6.45) is -0.644. The predicted molar refractivity (Wildman–Crippen MR) is 80.6 cm³/mol. The van der Waals surface area contributed by atoms with Crippen LogP contribution in [0.1, 0.15) is 6.42 Å². The van der Waals surface area contributed by atoms with Crippen molar-refractivity contribution in [3.8, 4) is 0 Å². The van der Waals surface area contributed by atoms with Gasteiger partial charge in [-0.25, -0.2) is 0 Å². The second kappa shape index (κ2) is 9.24. The van der Waals surface area contributed by atoms with Gasteiger partial charge in [-0.1, -0.05) is 17.7 Å². The molecule has 1 atom stereocenters. The smallest absolute Gasteiger partial charge is 0.320 e. The van der Waals surface area contributed by atoms with Crippen molar-refractivity contribution < 1.29 is 25.1 Å². The van der Waals surface area contributed by atoms with Gasteiger partial charge in [-0.3, -0.25) is 4.79 Å². The minimum absolute atomic E-state index is 0.644. The maximum atomic E-state index is 9.82. The van der Waals surface area contributed by atoms with E-state index in [-0.39, 0.29) is 0 Å². The summed E-state index contributed by atoms with van der Waals surface area (Å²) >= 11 is 5.93. The molecular formula is C14H20ClN3O4. The molecule has 0 saturated carbocycles. The van der Waals surface area contributed by atoms with Crippen LogP contribution < -0.4 is 21.1 Å². The Morgan fingerprint density at radius 2 is 2.05 bits per heavy atom. The number of hydrogen-bond donors (Lipinski definition) is 3. The molecule has 0 aliphatic carbocycles. The number of carboxylic acids is 2. The fourth-order valence-corrected chi connectivity index (χ4v) is 2.13. The van der Waals surface area contributed by atoms with E-state index in [2.05, 4.69) is 16.3 Å². The van der Waals surface area contributed by atoms with Crippen LogP contribution in [0, 0.1) is 0 Å². The second-order valence-electron chi connectivity index (χ2n) is 4.85. The zero-order chi connectivity index (χ0) is 16.5. The van der Waals surface area contributed by atoms with Gasteiger partial charge < -0.3 is 31.0 Å². The lowest BCUT2D eigenvalue weighted by atomic mass is 10.2. The number of aliphatic carboxylic acids is 2. The van der Waals surface area contributed by atoms with Crippen molar-refractivity contribution in [3.05, 3.63) is 29.3 Å². The van der Waals surface area contributed by atoms with Crippen LogP contribution in [0.3, 0.4) is 0 Å². The lowest BCUT2D eigenvalue weighted by molar-refractivity contribution is -0.655. The van der Waals surface area contributed by atoms with Crippen molar-refractivity contribution >= 4 is 29.2 Å². The monoisotopic (exact) mass is 329 g/mol. The molecule has 1 aromatic carbocycles. The van der Waals surface area contributed by atoms with E-state index >= 15 is 0 Å². The number of carbonyl (C=O) groups is 2. The van der Waals surface area contributed by atoms with E-state index in [0.29, 0.717) is 0 Å². The Morgan fingerprint density at radius 1 is 1.41 bits per heavy atom. The Morgan fingerprint density at radius 3 is 2.50 bits per heavy atom. The van der Waals surface area contributed by atoms with Gasteiger partial charge in [0.1, 0.15) is 6.04 Å². The summed E-state index contributed by atoms with van der Waals surface area (Å²) in [5.74, 6) is -2.79. The zero-order valence-electron chi connectivity index (χ0n) is 12.1. The van der Waals surface area contributed by atoms with Gasteiger partial charge in [0.25, 0.3) is 0 Å². The third kappa shape index (κ3) is 6.75. The average Bonchev–Trinajstić information content (AvgIpc) is 2.48. The number of anilines is 1. The number of nitrogens with two attached hydrogens (primary N) is 2. The topological polar surface area (TPSA) is 123 Å². The van der Waals surface area contributed by atoms with Gasteiger partial charge in [-0.15, -0.1) is 0 Å². The molecule has 1 saturated heterocycles. The Bertz CT molecular complexity index is 507. The van der Waals surface area contributed by atoms with E-state index in [1.54, 1.807) is 0 Å². The first-order valence-electron chi connectivity index (χ1n) is 6.90. The SMILES string of the molecule is Clc1cccc(N2CC[NH2+]CC2)c1.NC(CC(=O)[O-])C(=O)O. The molecule has 0 aromatic heterocycles. The maximum Gasteiger partial charge on any atom is 0.320 e. The van der Waals surface area contributed by atoms with Crippen LogP contribution in [-0.2, 0) is 9.59 Å². The van der Waals surface area contributed by atoms with Crippen LogP contribution in [0.25, 0.3) is 0 Å². The highest BCUT2D eigenvalue weighted by molar-refractivity contribution is 6.30. The largest absolute Gasteiger partial charge is 0.550 e. The molecule has 0 amide bonds. The van der Waals surface area contributed by atoms with Crippen molar-refractivity contribution in [1.82, 2.24) is 0 Å². The molecule has 7 nitrogen and oxygen atoms in total. The van der Waals surface area contributed by atoms with E-state index in [0.717, 1.165) is 18.1 Å². The lowest BCUT2D eigenvalue weighted by Crippen LogP contribution is -2.89. The number of carbonyl (C=O) groups excluding carboxylic acids is 1. The molecule has 1 aliphatic rings. The summed E-state index contributed by atoms with van der Waals surface area (Å²) in [6.45, 7) is 4.62. The summed E-state index contributed by atoms with van der Waals surface area (Å²) in [7, 11) is 0. The van der Waals surface area contributed by atoms with E-state index < -0.39 is 24.4 Å². The first-order valence-corrected chi connectivity index (χ1v) is 7.28. The molecule has 1 aromatic rings. The van der Waals surface area contributed by atoms with E-state index in [1.165, 1.54) is 18.8 Å². The van der Waals surface area contributed by atoms with Gasteiger partial charge in [0.05, 0.1) is 26.2 Å². The number of halogens is 1. The van der Waals surface area contributed by atoms with E-state index in [4.69, 9.17) is 22.4 Å². The minimum Gasteiger partial charge on any atom is -0.550 e. The molecule has 122 valence electrons. The van der Waals surface area contributed by atoms with Crippen LogP contribution in [0.4, 0.5) is 5.69 Å². The highest BCUT2D eigenvalue weighted by Gasteiger charge is 2.12. The molecule has 2 rings (SSSR count). The van der Waals surface area contributed by atoms with Crippen molar-refractivity contribution in [2.24, 2.45) is 5.73 Å². The van der Waals surface area contributed by atoms with E-state index in [1.807, 2.05) is 18.2 Å². The molecular weight excluding hydrogens is 310 g/mol. The Hall–Kier alpha value is -1.83. The van der Waals surface area contributed by atoms with Crippen LogP contribution in [0.2, 0.25) is 5.02 Å². The number of piperazine rings is 1. The van der Waals surface area contributed by atoms with Gasteiger partial charge in [0.2, 0.25) is 0 Å². The van der Waals surface area contributed by atoms with Gasteiger partial charge in [-0.2, -0.15) is 0 Å². The molecule has 22 heavy (non-hydrogen) atoms. The number of nitrogens with zero attached hydrogens (tertiary/aromatic N) is 1. The van der Waals surface area contributed by atoms with Gasteiger partial charge >= 0.3 is 5.97 Å². The molecule has 0 bridgehead atoms. The van der Waals surface area contributed by atoms with Crippen molar-refractivity contribution in [1.29, 1.82) is 0 Å². The van der Waals surface area contributed by atoms with Crippen LogP contribution >= 0.6 is 11.6 Å². The lowest BCUT2D eigenvalue weighted by Gasteiger charge is -2.27. The third-order valence-electron chi connectivity index (χ3n) is 3.08. The standard InChI is InChI=1S/C10H13ClN2.C4H7NO4/c11-9-2-1-3-10(8-9)13-6-4-12-5-7-13;5-2(4(8)9)1-3(6)7/h1-3,8,12H,4-7H2;2H,1,5H2,(H,6,7)(H,8,9). The first kappa shape index (κ1) is 18.2. The summed E-state index contributed by atoms with van der Waals surface area (Å²) in [5, 5.41) is 20.8. The summed E-state index contributed by atoms with van der Waals surface area (Å²) in [4.78, 5) is 21.9. The molecule has 0 spiro atoms. The van der Waals surface area contributed by atoms with Gasteiger partial charge in [0.15, 0.2) is 0 Å². The fourth-order valence-electron chi connectivity index (χ4n) is 1.95. The number of benzene rings is 1. The van der Waals surface area contributed by atoms with Crippen LogP contribution in [-0.4, -0.2) is 49.3 Å². The quantitative estimate of drug-likeness (QED) is 0.602. The molecule has 1 aliphatic heterocycles. The molecule has 1 unspecified atom stereocenters. The highest BCUT2D eigenvalue weighted by atomic mass is 35.5. The molecule has 0 radical (unpaired) electrons. The third-order valence-corrected chi connectivity index (χ3v) is 3.32. The van der Waals surface area contributed by atoms with Crippen molar-refractivity contribution in [2.45, 2.75) is 12.5 Å². The summed E-state index contributed by atoms with van der Waals surface area (Å²) in [6, 6.07) is 6.73. The average molecular weight is 330 g/mol.